The van der Waals surface area contributed by atoms with Crippen molar-refractivity contribution >= 4 is 17.6 Å². The van der Waals surface area contributed by atoms with E-state index in [9.17, 15) is 9.59 Å². The van der Waals surface area contributed by atoms with Gasteiger partial charge in [-0.15, -0.1) is 0 Å². The third-order valence-corrected chi connectivity index (χ3v) is 6.09. The summed E-state index contributed by atoms with van der Waals surface area (Å²) in [6.45, 7) is 3.34. The number of hydrogen-bond acceptors (Lipinski definition) is 4. The van der Waals surface area contributed by atoms with Crippen LogP contribution in [0, 0.1) is 11.8 Å². The smallest absolute Gasteiger partial charge is 0.303 e. The molecule has 1 amide bonds. The van der Waals surface area contributed by atoms with Crippen molar-refractivity contribution in [1.82, 2.24) is 9.88 Å². The molecule has 0 aromatic carbocycles. The summed E-state index contributed by atoms with van der Waals surface area (Å²) in [5.41, 5.74) is 1.18. The largest absolute Gasteiger partial charge is 0.481 e. The Morgan fingerprint density at radius 1 is 1.00 bits per heavy atom. The molecule has 1 N–H and O–H groups in total. The van der Waals surface area contributed by atoms with Gasteiger partial charge in [0.25, 0.3) is 0 Å². The highest BCUT2D eigenvalue weighted by atomic mass is 16.4. The van der Waals surface area contributed by atoms with Crippen molar-refractivity contribution < 1.29 is 14.7 Å². The molecular formula is C21H31N3O3. The van der Waals surface area contributed by atoms with Gasteiger partial charge >= 0.3 is 5.97 Å². The molecule has 2 aliphatic rings. The number of carbonyl (C=O) groups is 2. The minimum atomic E-state index is -0.673. The highest BCUT2D eigenvalue weighted by Gasteiger charge is 2.24. The van der Waals surface area contributed by atoms with Gasteiger partial charge < -0.3 is 14.9 Å². The molecule has 0 radical (unpaired) electrons. The van der Waals surface area contributed by atoms with Crippen LogP contribution in [0.3, 0.4) is 0 Å². The van der Waals surface area contributed by atoms with Crippen molar-refractivity contribution in [3.05, 3.63) is 24.5 Å². The molecule has 1 saturated carbocycles. The van der Waals surface area contributed by atoms with E-state index in [0.29, 0.717) is 24.7 Å². The molecule has 6 heteroatoms. The second-order valence-electron chi connectivity index (χ2n) is 7.95. The van der Waals surface area contributed by atoms with Crippen LogP contribution in [0.4, 0.5) is 5.69 Å². The summed E-state index contributed by atoms with van der Waals surface area (Å²) in [6.07, 6.45) is 10.9. The Morgan fingerprint density at radius 3 is 2.26 bits per heavy atom. The van der Waals surface area contributed by atoms with Gasteiger partial charge in [-0.25, -0.2) is 0 Å². The van der Waals surface area contributed by atoms with E-state index in [0.717, 1.165) is 64.7 Å². The Morgan fingerprint density at radius 2 is 1.63 bits per heavy atom. The second kappa shape index (κ2) is 9.72. The van der Waals surface area contributed by atoms with Crippen LogP contribution in [0.5, 0.6) is 0 Å². The molecule has 2 fully saturated rings. The summed E-state index contributed by atoms with van der Waals surface area (Å²) in [6, 6.07) is 4.03. The van der Waals surface area contributed by atoms with E-state index in [2.05, 4.69) is 9.88 Å². The highest BCUT2D eigenvalue weighted by molar-refractivity contribution is 5.76. The number of rotatable bonds is 7. The van der Waals surface area contributed by atoms with E-state index in [1.165, 1.54) is 5.69 Å². The highest BCUT2D eigenvalue weighted by Crippen LogP contribution is 2.33. The summed E-state index contributed by atoms with van der Waals surface area (Å²) in [7, 11) is 0. The van der Waals surface area contributed by atoms with Crippen molar-refractivity contribution in [3.63, 3.8) is 0 Å². The van der Waals surface area contributed by atoms with Gasteiger partial charge in [0.1, 0.15) is 0 Å². The van der Waals surface area contributed by atoms with E-state index in [1.54, 1.807) is 0 Å². The standard InChI is InChI=1S/C21H31N3O3/c25-20(3-1-2-17-4-6-18(7-5-17)16-21(26)27)24-14-12-23(13-15-24)19-8-10-22-11-9-19/h8-11,17-18H,1-7,12-16H2,(H,26,27). The zero-order valence-corrected chi connectivity index (χ0v) is 16.1. The number of aromatic nitrogens is 1. The number of piperazine rings is 1. The molecule has 1 aromatic heterocycles. The predicted molar refractivity (Wildman–Crippen MR) is 105 cm³/mol. The van der Waals surface area contributed by atoms with Crippen molar-refractivity contribution in [3.8, 4) is 0 Å². The first kappa shape index (κ1) is 19.6. The van der Waals surface area contributed by atoms with Crippen LogP contribution < -0.4 is 4.90 Å². The SMILES string of the molecule is O=C(O)CC1CCC(CCCC(=O)N2CCN(c3ccncc3)CC2)CC1. The Balaban J connectivity index is 1.31. The van der Waals surface area contributed by atoms with Gasteiger partial charge in [0.05, 0.1) is 0 Å². The van der Waals surface area contributed by atoms with Crippen LogP contribution >= 0.6 is 0 Å². The molecule has 6 nitrogen and oxygen atoms in total. The number of carbonyl (C=O) groups excluding carboxylic acids is 1. The summed E-state index contributed by atoms with van der Waals surface area (Å²) < 4.78 is 0. The first-order valence-electron chi connectivity index (χ1n) is 10.3. The average molecular weight is 373 g/mol. The van der Waals surface area contributed by atoms with E-state index in [-0.39, 0.29) is 5.91 Å². The zero-order valence-electron chi connectivity index (χ0n) is 16.1. The average Bonchev–Trinajstić information content (AvgIpc) is 2.69. The Hall–Kier alpha value is -2.11. The molecule has 1 aliphatic carbocycles. The fourth-order valence-electron chi connectivity index (χ4n) is 4.44. The van der Waals surface area contributed by atoms with Crippen LogP contribution in [-0.4, -0.2) is 53.0 Å². The molecule has 1 aromatic rings. The number of carboxylic acids is 1. The Labute approximate surface area is 161 Å². The summed E-state index contributed by atoms with van der Waals surface area (Å²) in [4.78, 5) is 31.7. The van der Waals surface area contributed by atoms with Crippen LogP contribution in [0.25, 0.3) is 0 Å². The molecule has 1 aliphatic heterocycles. The number of carboxylic acid groups (broad SMARTS) is 1. The molecule has 148 valence electrons. The molecule has 0 bridgehead atoms. The van der Waals surface area contributed by atoms with Crippen LogP contribution in [0.1, 0.15) is 51.4 Å². The lowest BCUT2D eigenvalue weighted by Crippen LogP contribution is -2.48. The normalized spacial score (nSPS) is 23.3. The Bertz CT molecular complexity index is 606. The summed E-state index contributed by atoms with van der Waals surface area (Å²) in [5.74, 6) is 0.639. The van der Waals surface area contributed by atoms with Crippen LogP contribution in [0.2, 0.25) is 0 Å². The zero-order chi connectivity index (χ0) is 19.1. The van der Waals surface area contributed by atoms with Crippen molar-refractivity contribution in [1.29, 1.82) is 0 Å². The lowest BCUT2D eigenvalue weighted by molar-refractivity contribution is -0.138. The molecule has 0 spiro atoms. The maximum atomic E-state index is 12.5. The van der Waals surface area contributed by atoms with Gasteiger partial charge in [0.2, 0.25) is 5.91 Å². The number of aliphatic carboxylic acids is 1. The van der Waals surface area contributed by atoms with Gasteiger partial charge in [-0.2, -0.15) is 0 Å². The minimum absolute atomic E-state index is 0.281. The Kier molecular flexibility index (Phi) is 7.07. The molecule has 27 heavy (non-hydrogen) atoms. The first-order valence-corrected chi connectivity index (χ1v) is 10.3. The lowest BCUT2D eigenvalue weighted by atomic mass is 9.78. The molecule has 2 heterocycles. The number of nitrogens with zero attached hydrogens (tertiary/aromatic N) is 3. The summed E-state index contributed by atoms with van der Waals surface area (Å²) in [5, 5.41) is 8.89. The van der Waals surface area contributed by atoms with Crippen molar-refractivity contribution in [2.24, 2.45) is 11.8 Å². The fourth-order valence-corrected chi connectivity index (χ4v) is 4.44. The van der Waals surface area contributed by atoms with Gasteiger partial charge in [-0.05, 0) is 49.7 Å². The number of hydrogen-bond donors (Lipinski definition) is 1. The number of anilines is 1. The van der Waals surface area contributed by atoms with Gasteiger partial charge in [0, 0.05) is 57.1 Å². The fraction of sp³-hybridized carbons (Fsp3) is 0.667. The van der Waals surface area contributed by atoms with Gasteiger partial charge in [-0.1, -0.05) is 12.8 Å². The molecule has 3 rings (SSSR count). The predicted octanol–water partition coefficient (Wildman–Crippen LogP) is 3.18. The topological polar surface area (TPSA) is 73.7 Å². The van der Waals surface area contributed by atoms with Gasteiger partial charge in [-0.3, -0.25) is 14.6 Å². The maximum Gasteiger partial charge on any atom is 0.303 e. The molecule has 1 saturated heterocycles. The van der Waals surface area contributed by atoms with E-state index >= 15 is 0 Å². The van der Waals surface area contributed by atoms with Crippen molar-refractivity contribution in [2.75, 3.05) is 31.1 Å². The second-order valence-corrected chi connectivity index (χ2v) is 7.95. The summed E-state index contributed by atoms with van der Waals surface area (Å²) >= 11 is 0. The molecule has 0 unspecified atom stereocenters. The molecule has 0 atom stereocenters. The van der Waals surface area contributed by atoms with Gasteiger partial charge in [0.15, 0.2) is 0 Å². The van der Waals surface area contributed by atoms with E-state index in [4.69, 9.17) is 5.11 Å². The van der Waals surface area contributed by atoms with E-state index in [1.807, 2.05) is 29.4 Å². The van der Waals surface area contributed by atoms with E-state index < -0.39 is 5.97 Å². The first-order chi connectivity index (χ1) is 13.1. The van der Waals surface area contributed by atoms with Crippen LogP contribution in [-0.2, 0) is 9.59 Å². The minimum Gasteiger partial charge on any atom is -0.481 e. The molecular weight excluding hydrogens is 342 g/mol. The lowest BCUT2D eigenvalue weighted by Gasteiger charge is -2.36. The maximum absolute atomic E-state index is 12.5. The quantitative estimate of drug-likeness (QED) is 0.795. The third kappa shape index (κ3) is 5.94. The van der Waals surface area contributed by atoms with Crippen molar-refractivity contribution in [2.45, 2.75) is 51.4 Å². The van der Waals surface area contributed by atoms with Crippen LogP contribution in [0.15, 0.2) is 24.5 Å². The number of amides is 1. The monoisotopic (exact) mass is 373 g/mol. The third-order valence-electron chi connectivity index (χ3n) is 6.09. The number of pyridine rings is 1.